The molecule has 0 radical (unpaired) electrons. The summed E-state index contributed by atoms with van der Waals surface area (Å²) in [5, 5.41) is 0. The molecule has 17 heavy (non-hydrogen) atoms. The summed E-state index contributed by atoms with van der Waals surface area (Å²) < 4.78 is 0. The lowest BCUT2D eigenvalue weighted by molar-refractivity contribution is 0.382. The molecule has 1 saturated carbocycles. The van der Waals surface area contributed by atoms with Crippen LogP contribution in [0.25, 0.3) is 0 Å². The molecule has 1 aliphatic carbocycles. The number of rotatable bonds is 2. The van der Waals surface area contributed by atoms with Gasteiger partial charge in [0, 0.05) is 6.04 Å². The number of hydrogen-bond acceptors (Lipinski definition) is 1. The Labute approximate surface area is 105 Å². The van der Waals surface area contributed by atoms with Gasteiger partial charge in [-0.25, -0.2) is 0 Å². The Balaban J connectivity index is 2.11. The van der Waals surface area contributed by atoms with Gasteiger partial charge in [0.1, 0.15) is 0 Å². The average Bonchev–Trinajstić information content (AvgIpc) is 2.60. The van der Waals surface area contributed by atoms with Gasteiger partial charge in [-0.2, -0.15) is 0 Å². The first kappa shape index (κ1) is 12.6. The lowest BCUT2D eigenvalue weighted by Crippen LogP contribution is -2.21. The zero-order valence-corrected chi connectivity index (χ0v) is 11.2. The van der Waals surface area contributed by atoms with Gasteiger partial charge in [0.25, 0.3) is 0 Å². The third kappa shape index (κ3) is 3.10. The number of nitrogens with two attached hydrogens (primary N) is 1. The van der Waals surface area contributed by atoms with Gasteiger partial charge in [0.15, 0.2) is 0 Å². The normalized spacial score (nSPS) is 19.9. The van der Waals surface area contributed by atoms with Crippen LogP contribution >= 0.6 is 0 Å². The molecule has 0 amide bonds. The summed E-state index contributed by atoms with van der Waals surface area (Å²) in [4.78, 5) is 0. The number of aryl methyl sites for hydroxylation is 2. The summed E-state index contributed by atoms with van der Waals surface area (Å²) in [7, 11) is 0. The van der Waals surface area contributed by atoms with Crippen LogP contribution in [0.15, 0.2) is 18.2 Å². The van der Waals surface area contributed by atoms with Crippen molar-refractivity contribution < 1.29 is 0 Å². The van der Waals surface area contributed by atoms with E-state index in [1.54, 1.807) is 0 Å². The second kappa shape index (κ2) is 5.68. The van der Waals surface area contributed by atoms with Crippen LogP contribution in [-0.2, 0) is 0 Å². The highest BCUT2D eigenvalue weighted by molar-refractivity contribution is 5.31. The summed E-state index contributed by atoms with van der Waals surface area (Å²) >= 11 is 0. The molecule has 1 unspecified atom stereocenters. The van der Waals surface area contributed by atoms with Gasteiger partial charge in [0.05, 0.1) is 0 Å². The summed E-state index contributed by atoms with van der Waals surface area (Å²) in [6.07, 6.45) is 8.15. The molecule has 0 spiro atoms. The highest BCUT2D eigenvalue weighted by Gasteiger charge is 2.20. The Morgan fingerprint density at radius 3 is 2.24 bits per heavy atom. The maximum absolute atomic E-state index is 6.46. The third-order valence-electron chi connectivity index (χ3n) is 4.32. The number of benzene rings is 1. The molecule has 0 aromatic heterocycles. The van der Waals surface area contributed by atoms with Crippen molar-refractivity contribution in [3.05, 3.63) is 34.9 Å². The number of hydrogen-bond donors (Lipinski definition) is 1. The lowest BCUT2D eigenvalue weighted by atomic mass is 9.87. The monoisotopic (exact) mass is 231 g/mol. The lowest BCUT2D eigenvalue weighted by Gasteiger charge is -2.23. The third-order valence-corrected chi connectivity index (χ3v) is 4.32. The summed E-state index contributed by atoms with van der Waals surface area (Å²) in [6.45, 7) is 4.34. The van der Waals surface area contributed by atoms with Crippen LogP contribution in [0.2, 0.25) is 0 Å². The van der Waals surface area contributed by atoms with Gasteiger partial charge >= 0.3 is 0 Å². The predicted molar refractivity (Wildman–Crippen MR) is 74.0 cm³/mol. The molecule has 2 rings (SSSR count). The highest BCUT2D eigenvalue weighted by Crippen LogP contribution is 2.32. The Kier molecular flexibility index (Phi) is 4.22. The molecule has 1 aliphatic rings. The standard InChI is InChI=1S/C16H25N/c1-12-9-10-15(11-13(12)2)16(17)14-7-5-3-4-6-8-14/h9-11,14,16H,3-8,17H2,1-2H3. The SMILES string of the molecule is Cc1ccc(C(N)C2CCCCCC2)cc1C. The molecule has 0 bridgehead atoms. The second-order valence-electron chi connectivity index (χ2n) is 5.62. The Bertz CT molecular complexity index is 362. The first-order chi connectivity index (χ1) is 8.18. The minimum atomic E-state index is 0.243. The van der Waals surface area contributed by atoms with Crippen LogP contribution in [0.5, 0.6) is 0 Å². The van der Waals surface area contributed by atoms with Gasteiger partial charge in [-0.05, 0) is 49.3 Å². The van der Waals surface area contributed by atoms with Crippen molar-refractivity contribution in [2.24, 2.45) is 11.7 Å². The van der Waals surface area contributed by atoms with Crippen LogP contribution in [0.1, 0.15) is 61.3 Å². The van der Waals surface area contributed by atoms with E-state index in [4.69, 9.17) is 5.73 Å². The largest absolute Gasteiger partial charge is 0.324 e. The summed E-state index contributed by atoms with van der Waals surface area (Å²) in [6, 6.07) is 6.96. The Morgan fingerprint density at radius 2 is 1.65 bits per heavy atom. The molecular weight excluding hydrogens is 206 g/mol. The van der Waals surface area contributed by atoms with Crippen LogP contribution < -0.4 is 5.73 Å². The molecule has 2 N–H and O–H groups in total. The summed E-state index contributed by atoms with van der Waals surface area (Å²) in [5.74, 6) is 0.694. The molecule has 1 aromatic carbocycles. The maximum Gasteiger partial charge on any atom is 0.0323 e. The zero-order valence-electron chi connectivity index (χ0n) is 11.2. The highest BCUT2D eigenvalue weighted by atomic mass is 14.7. The second-order valence-corrected chi connectivity index (χ2v) is 5.62. The van der Waals surface area contributed by atoms with Crippen molar-refractivity contribution >= 4 is 0 Å². The first-order valence-electron chi connectivity index (χ1n) is 7.01. The average molecular weight is 231 g/mol. The van der Waals surface area contributed by atoms with Crippen LogP contribution in [0.3, 0.4) is 0 Å². The molecule has 1 nitrogen and oxygen atoms in total. The van der Waals surface area contributed by atoms with Crippen molar-refractivity contribution in [2.75, 3.05) is 0 Å². The van der Waals surface area contributed by atoms with Crippen molar-refractivity contribution in [3.8, 4) is 0 Å². The molecular formula is C16H25N. The van der Waals surface area contributed by atoms with Gasteiger partial charge in [-0.3, -0.25) is 0 Å². The first-order valence-corrected chi connectivity index (χ1v) is 7.01. The molecule has 1 atom stereocenters. The van der Waals surface area contributed by atoms with E-state index in [9.17, 15) is 0 Å². The molecule has 0 saturated heterocycles. The fourth-order valence-corrected chi connectivity index (χ4v) is 2.91. The zero-order chi connectivity index (χ0) is 12.3. The molecule has 1 heteroatoms. The molecule has 94 valence electrons. The van der Waals surface area contributed by atoms with Gasteiger partial charge in [-0.15, -0.1) is 0 Å². The van der Waals surface area contributed by atoms with E-state index >= 15 is 0 Å². The van der Waals surface area contributed by atoms with E-state index in [0.29, 0.717) is 5.92 Å². The Morgan fingerprint density at radius 1 is 1.00 bits per heavy atom. The van der Waals surface area contributed by atoms with Gasteiger partial charge in [-0.1, -0.05) is 43.9 Å². The summed E-state index contributed by atoms with van der Waals surface area (Å²) in [5.41, 5.74) is 10.5. The van der Waals surface area contributed by atoms with E-state index in [0.717, 1.165) is 0 Å². The van der Waals surface area contributed by atoms with Crippen molar-refractivity contribution in [2.45, 2.75) is 58.4 Å². The fourth-order valence-electron chi connectivity index (χ4n) is 2.91. The van der Waals surface area contributed by atoms with E-state index in [2.05, 4.69) is 32.0 Å². The van der Waals surface area contributed by atoms with E-state index in [1.807, 2.05) is 0 Å². The van der Waals surface area contributed by atoms with Crippen molar-refractivity contribution in [1.82, 2.24) is 0 Å². The van der Waals surface area contributed by atoms with Gasteiger partial charge in [0.2, 0.25) is 0 Å². The smallest absolute Gasteiger partial charge is 0.0323 e. The minimum absolute atomic E-state index is 0.243. The molecule has 1 fully saturated rings. The molecule has 0 heterocycles. The quantitative estimate of drug-likeness (QED) is 0.756. The molecule has 0 aliphatic heterocycles. The van der Waals surface area contributed by atoms with E-state index < -0.39 is 0 Å². The van der Waals surface area contributed by atoms with Crippen molar-refractivity contribution in [1.29, 1.82) is 0 Å². The van der Waals surface area contributed by atoms with Crippen molar-refractivity contribution in [3.63, 3.8) is 0 Å². The Hall–Kier alpha value is -0.820. The maximum atomic E-state index is 6.46. The fraction of sp³-hybridized carbons (Fsp3) is 0.625. The van der Waals surface area contributed by atoms with E-state index in [1.165, 1.54) is 55.2 Å². The topological polar surface area (TPSA) is 26.0 Å². The van der Waals surface area contributed by atoms with Crippen LogP contribution in [0.4, 0.5) is 0 Å². The predicted octanol–water partition coefficient (Wildman–Crippen LogP) is 4.27. The van der Waals surface area contributed by atoms with E-state index in [-0.39, 0.29) is 6.04 Å². The molecule has 1 aromatic rings. The van der Waals surface area contributed by atoms with Crippen LogP contribution in [-0.4, -0.2) is 0 Å². The minimum Gasteiger partial charge on any atom is -0.324 e. The van der Waals surface area contributed by atoms with Crippen LogP contribution in [0, 0.1) is 19.8 Å². The van der Waals surface area contributed by atoms with Gasteiger partial charge < -0.3 is 5.73 Å².